The number of hydrogen-bond acceptors (Lipinski definition) is 8. The molecule has 0 aliphatic rings. The van der Waals surface area contributed by atoms with Crippen molar-refractivity contribution in [3.8, 4) is 11.5 Å². The number of thioether (sulfide) groups is 1. The Balaban J connectivity index is 1.56. The summed E-state index contributed by atoms with van der Waals surface area (Å²) in [6.07, 6.45) is 0. The number of aryl methyl sites for hydroxylation is 2. The molecular weight excluding hydrogens is 444 g/mol. The first-order chi connectivity index (χ1) is 15.4. The van der Waals surface area contributed by atoms with E-state index in [2.05, 4.69) is 41.5 Å². The van der Waals surface area contributed by atoms with Crippen LogP contribution < -0.4 is 14.8 Å². The minimum atomic E-state index is 0.0474. The zero-order valence-corrected chi connectivity index (χ0v) is 20.6. The smallest absolute Gasteiger partial charge is 0.233 e. The van der Waals surface area contributed by atoms with Gasteiger partial charge in [-0.15, -0.1) is 10.2 Å². The zero-order valence-electron chi connectivity index (χ0n) is 19.0. The van der Waals surface area contributed by atoms with Crippen LogP contribution in [0.5, 0.6) is 11.5 Å². The Hall–Kier alpha value is -2.78. The van der Waals surface area contributed by atoms with E-state index in [1.807, 2.05) is 36.1 Å². The Morgan fingerprint density at radius 2 is 1.84 bits per heavy atom. The maximum atomic E-state index is 12.8. The van der Waals surface area contributed by atoms with E-state index in [1.54, 1.807) is 14.2 Å². The number of nitrogens with one attached hydrogen (secondary N) is 1. The van der Waals surface area contributed by atoms with Crippen LogP contribution in [0.4, 0.5) is 10.8 Å². The van der Waals surface area contributed by atoms with Gasteiger partial charge in [0.05, 0.1) is 20.0 Å². The molecular formula is C23H28N4O3S2. The summed E-state index contributed by atoms with van der Waals surface area (Å²) in [6.45, 7) is 7.25. The molecule has 3 aromatic rings. The molecule has 0 saturated heterocycles. The maximum Gasteiger partial charge on any atom is 0.233 e. The van der Waals surface area contributed by atoms with Crippen molar-refractivity contribution in [2.75, 3.05) is 31.8 Å². The number of anilines is 2. The molecule has 0 aliphatic carbocycles. The fourth-order valence-electron chi connectivity index (χ4n) is 3.05. The Labute approximate surface area is 197 Å². The molecule has 1 heterocycles. The van der Waals surface area contributed by atoms with E-state index in [4.69, 9.17) is 9.47 Å². The van der Waals surface area contributed by atoms with Crippen LogP contribution >= 0.6 is 23.1 Å². The quantitative estimate of drug-likeness (QED) is 0.414. The van der Waals surface area contributed by atoms with E-state index >= 15 is 0 Å². The van der Waals surface area contributed by atoms with Crippen LogP contribution in [0, 0.1) is 13.8 Å². The molecule has 0 spiro atoms. The molecule has 0 aliphatic heterocycles. The molecule has 0 fully saturated rings. The number of carbonyl (C=O) groups is 1. The van der Waals surface area contributed by atoms with E-state index in [0.717, 1.165) is 15.6 Å². The number of hydrogen-bond donors (Lipinski definition) is 1. The van der Waals surface area contributed by atoms with Gasteiger partial charge in [0.25, 0.3) is 0 Å². The Morgan fingerprint density at radius 3 is 2.53 bits per heavy atom. The van der Waals surface area contributed by atoms with Gasteiger partial charge >= 0.3 is 0 Å². The average Bonchev–Trinajstić information content (AvgIpc) is 3.25. The fourth-order valence-corrected chi connectivity index (χ4v) is 4.73. The predicted molar refractivity (Wildman–Crippen MR) is 130 cm³/mol. The second kappa shape index (κ2) is 11.2. The molecule has 7 nitrogen and oxygen atoms in total. The third-order valence-electron chi connectivity index (χ3n) is 5.04. The molecule has 1 amide bonds. The highest BCUT2D eigenvalue weighted by Gasteiger charge is 2.16. The second-order valence-corrected chi connectivity index (χ2v) is 9.38. The molecule has 32 heavy (non-hydrogen) atoms. The minimum absolute atomic E-state index is 0.0474. The highest BCUT2D eigenvalue weighted by molar-refractivity contribution is 8.01. The molecule has 1 N–H and O–H groups in total. The average molecular weight is 473 g/mol. The van der Waals surface area contributed by atoms with Crippen LogP contribution in [0.15, 0.2) is 40.7 Å². The first kappa shape index (κ1) is 23.9. The first-order valence-electron chi connectivity index (χ1n) is 10.2. The van der Waals surface area contributed by atoms with Gasteiger partial charge in [-0.1, -0.05) is 35.2 Å². The number of carbonyl (C=O) groups excluding carboxylic acids is 1. The summed E-state index contributed by atoms with van der Waals surface area (Å²) < 4.78 is 11.4. The van der Waals surface area contributed by atoms with Crippen molar-refractivity contribution in [3.05, 3.63) is 53.1 Å². The SMILES string of the molecule is CCN(Cc1ccc(OC)c(OC)c1)C(=O)CSc1nnc(Nc2ccc(C)c(C)c2)s1. The molecule has 1 aromatic heterocycles. The van der Waals surface area contributed by atoms with Gasteiger partial charge in [0.15, 0.2) is 15.8 Å². The largest absolute Gasteiger partial charge is 0.493 e. The molecule has 0 bridgehead atoms. The topological polar surface area (TPSA) is 76.6 Å². The van der Waals surface area contributed by atoms with Gasteiger partial charge in [0.2, 0.25) is 11.0 Å². The van der Waals surface area contributed by atoms with E-state index in [-0.39, 0.29) is 5.91 Å². The predicted octanol–water partition coefficient (Wildman–Crippen LogP) is 5.06. The van der Waals surface area contributed by atoms with E-state index in [0.29, 0.717) is 35.5 Å². The van der Waals surface area contributed by atoms with Crippen molar-refractivity contribution in [3.63, 3.8) is 0 Å². The highest BCUT2D eigenvalue weighted by atomic mass is 32.2. The van der Waals surface area contributed by atoms with Crippen LogP contribution in [0.25, 0.3) is 0 Å². The molecule has 0 atom stereocenters. The number of ether oxygens (including phenoxy) is 2. The van der Waals surface area contributed by atoms with E-state index < -0.39 is 0 Å². The van der Waals surface area contributed by atoms with E-state index in [1.165, 1.54) is 34.2 Å². The van der Waals surface area contributed by atoms with Gasteiger partial charge in [-0.3, -0.25) is 4.79 Å². The third kappa shape index (κ3) is 6.14. The number of amides is 1. The van der Waals surface area contributed by atoms with Crippen molar-refractivity contribution < 1.29 is 14.3 Å². The van der Waals surface area contributed by atoms with Gasteiger partial charge in [0, 0.05) is 18.8 Å². The van der Waals surface area contributed by atoms with Gasteiger partial charge in [0.1, 0.15) is 0 Å². The lowest BCUT2D eigenvalue weighted by Crippen LogP contribution is -2.31. The fraction of sp³-hybridized carbons (Fsp3) is 0.348. The van der Waals surface area contributed by atoms with Gasteiger partial charge in [-0.05, 0) is 61.7 Å². The first-order valence-corrected chi connectivity index (χ1v) is 12.0. The number of aromatic nitrogens is 2. The molecule has 3 rings (SSSR count). The summed E-state index contributed by atoms with van der Waals surface area (Å²) in [5.41, 5.74) is 4.42. The highest BCUT2D eigenvalue weighted by Crippen LogP contribution is 2.30. The molecule has 170 valence electrons. The Morgan fingerprint density at radius 1 is 1.06 bits per heavy atom. The normalized spacial score (nSPS) is 10.7. The summed E-state index contributed by atoms with van der Waals surface area (Å²) in [5, 5.41) is 12.4. The summed E-state index contributed by atoms with van der Waals surface area (Å²) in [7, 11) is 3.21. The summed E-state index contributed by atoms with van der Waals surface area (Å²) in [6, 6.07) is 11.9. The van der Waals surface area contributed by atoms with Crippen LogP contribution in [-0.2, 0) is 11.3 Å². The van der Waals surface area contributed by atoms with Gasteiger partial charge < -0.3 is 19.7 Å². The Kier molecular flexibility index (Phi) is 8.35. The van der Waals surface area contributed by atoms with Crippen LogP contribution in [-0.4, -0.2) is 47.5 Å². The molecule has 0 saturated carbocycles. The van der Waals surface area contributed by atoms with Crippen LogP contribution in [0.1, 0.15) is 23.6 Å². The summed E-state index contributed by atoms with van der Waals surface area (Å²) in [4.78, 5) is 14.6. The lowest BCUT2D eigenvalue weighted by atomic mass is 10.1. The molecule has 0 radical (unpaired) electrons. The van der Waals surface area contributed by atoms with Crippen molar-refractivity contribution in [2.24, 2.45) is 0 Å². The lowest BCUT2D eigenvalue weighted by Gasteiger charge is -2.21. The van der Waals surface area contributed by atoms with Crippen LogP contribution in [0.2, 0.25) is 0 Å². The lowest BCUT2D eigenvalue weighted by molar-refractivity contribution is -0.128. The number of methoxy groups -OCH3 is 2. The van der Waals surface area contributed by atoms with Crippen molar-refractivity contribution in [1.29, 1.82) is 0 Å². The monoisotopic (exact) mass is 472 g/mol. The second-order valence-electron chi connectivity index (χ2n) is 7.18. The van der Waals surface area contributed by atoms with Crippen molar-refractivity contribution in [1.82, 2.24) is 15.1 Å². The van der Waals surface area contributed by atoms with Gasteiger partial charge in [-0.2, -0.15) is 0 Å². The van der Waals surface area contributed by atoms with E-state index in [9.17, 15) is 4.79 Å². The molecule has 2 aromatic carbocycles. The maximum absolute atomic E-state index is 12.8. The molecule has 0 unspecified atom stereocenters. The third-order valence-corrected chi connectivity index (χ3v) is 7.00. The number of nitrogens with zero attached hydrogens (tertiary/aromatic N) is 3. The van der Waals surface area contributed by atoms with Gasteiger partial charge in [-0.25, -0.2) is 0 Å². The minimum Gasteiger partial charge on any atom is -0.493 e. The summed E-state index contributed by atoms with van der Waals surface area (Å²) in [5.74, 6) is 1.67. The summed E-state index contributed by atoms with van der Waals surface area (Å²) >= 11 is 2.84. The number of benzene rings is 2. The molecule has 9 heteroatoms. The standard InChI is InChI=1S/C23H28N4O3S2/c1-6-27(13-17-8-10-19(29-4)20(12-17)30-5)21(28)14-31-23-26-25-22(32-23)24-18-9-7-15(2)16(3)11-18/h7-12H,6,13-14H2,1-5H3,(H,24,25). The van der Waals surface area contributed by atoms with Crippen LogP contribution in [0.3, 0.4) is 0 Å². The van der Waals surface area contributed by atoms with Crippen molar-refractivity contribution >= 4 is 39.8 Å². The Bertz CT molecular complexity index is 1070. The van der Waals surface area contributed by atoms with Crippen molar-refractivity contribution in [2.45, 2.75) is 31.7 Å². The number of rotatable bonds is 10. The zero-order chi connectivity index (χ0) is 23.1.